The maximum absolute atomic E-state index is 13.1. The molecule has 2 aliphatic heterocycles. The summed E-state index contributed by atoms with van der Waals surface area (Å²) in [4.78, 5) is 27.6. The average molecular weight is 366 g/mol. The van der Waals surface area contributed by atoms with Gasteiger partial charge >= 0.3 is 5.63 Å². The molecule has 27 heavy (non-hydrogen) atoms. The van der Waals surface area contributed by atoms with Crippen LogP contribution in [0.4, 0.5) is 0 Å². The van der Waals surface area contributed by atoms with Gasteiger partial charge in [-0.15, -0.1) is 0 Å². The quantitative estimate of drug-likeness (QED) is 0.888. The Hall–Kier alpha value is -2.40. The van der Waals surface area contributed by atoms with Crippen LogP contribution in [0.5, 0.6) is 0 Å². The number of carbonyl (C=O) groups is 1. The highest BCUT2D eigenvalue weighted by Gasteiger charge is 2.26. The van der Waals surface area contributed by atoms with E-state index in [1.54, 1.807) is 4.90 Å². The standard InChI is InChI=1S/C22H26N2O3/c1-15-12-19(17-8-4-10-23-13-17)27-22(26)20(15)21(25)24-11-5-9-16-6-2-3-7-18(16)14-24/h2-3,6-7,12,17,23H,4-5,8-11,13-14H2,1H3. The molecule has 2 aliphatic rings. The molecule has 1 fully saturated rings. The number of aryl methyl sites for hydroxylation is 2. The molecule has 0 saturated carbocycles. The molecule has 142 valence electrons. The molecule has 1 saturated heterocycles. The molecule has 4 rings (SSSR count). The van der Waals surface area contributed by atoms with Crippen LogP contribution in [0.2, 0.25) is 0 Å². The third-order valence-electron chi connectivity index (χ3n) is 5.72. The number of piperidine rings is 1. The van der Waals surface area contributed by atoms with Crippen LogP contribution in [0.15, 0.2) is 39.5 Å². The molecular weight excluding hydrogens is 340 g/mol. The Bertz CT molecular complexity index is 897. The van der Waals surface area contributed by atoms with Crippen molar-refractivity contribution in [3.05, 3.63) is 68.8 Å². The van der Waals surface area contributed by atoms with Gasteiger partial charge in [0, 0.05) is 25.6 Å². The lowest BCUT2D eigenvalue weighted by molar-refractivity contribution is 0.0739. The van der Waals surface area contributed by atoms with E-state index in [1.165, 1.54) is 5.56 Å². The van der Waals surface area contributed by atoms with Crippen LogP contribution in [0.3, 0.4) is 0 Å². The molecule has 2 aromatic rings. The molecule has 1 N–H and O–H groups in total. The van der Waals surface area contributed by atoms with E-state index in [4.69, 9.17) is 4.42 Å². The van der Waals surface area contributed by atoms with Gasteiger partial charge in [-0.25, -0.2) is 4.79 Å². The highest BCUT2D eigenvalue weighted by Crippen LogP contribution is 2.25. The van der Waals surface area contributed by atoms with Crippen molar-refractivity contribution < 1.29 is 9.21 Å². The number of amides is 1. The first-order valence-corrected chi connectivity index (χ1v) is 9.85. The van der Waals surface area contributed by atoms with Gasteiger partial charge in [0.1, 0.15) is 11.3 Å². The maximum atomic E-state index is 13.1. The van der Waals surface area contributed by atoms with Crippen molar-refractivity contribution in [2.24, 2.45) is 0 Å². The summed E-state index contributed by atoms with van der Waals surface area (Å²) >= 11 is 0. The van der Waals surface area contributed by atoms with E-state index in [-0.39, 0.29) is 17.4 Å². The minimum atomic E-state index is -0.502. The number of nitrogens with one attached hydrogen (secondary N) is 1. The van der Waals surface area contributed by atoms with E-state index in [2.05, 4.69) is 17.4 Å². The largest absolute Gasteiger partial charge is 0.427 e. The van der Waals surface area contributed by atoms with Crippen LogP contribution in [-0.2, 0) is 13.0 Å². The lowest BCUT2D eigenvalue weighted by Crippen LogP contribution is -2.35. The van der Waals surface area contributed by atoms with E-state index < -0.39 is 5.63 Å². The van der Waals surface area contributed by atoms with E-state index in [0.717, 1.165) is 44.3 Å². The summed E-state index contributed by atoms with van der Waals surface area (Å²) in [6.45, 7) is 4.86. The molecule has 1 aromatic carbocycles. The number of rotatable bonds is 2. The zero-order chi connectivity index (χ0) is 18.8. The molecule has 1 amide bonds. The fraction of sp³-hybridized carbons (Fsp3) is 0.455. The molecule has 5 nitrogen and oxygen atoms in total. The lowest BCUT2D eigenvalue weighted by atomic mass is 9.95. The molecule has 0 radical (unpaired) electrons. The topological polar surface area (TPSA) is 62.6 Å². The third kappa shape index (κ3) is 3.69. The van der Waals surface area contributed by atoms with Crippen LogP contribution in [-0.4, -0.2) is 30.4 Å². The van der Waals surface area contributed by atoms with Gasteiger partial charge in [0.2, 0.25) is 0 Å². The van der Waals surface area contributed by atoms with Gasteiger partial charge < -0.3 is 14.6 Å². The number of nitrogens with zero attached hydrogens (tertiary/aromatic N) is 1. The van der Waals surface area contributed by atoms with Crippen molar-refractivity contribution in [1.29, 1.82) is 0 Å². The fourth-order valence-corrected chi connectivity index (χ4v) is 4.22. The number of benzene rings is 1. The fourth-order valence-electron chi connectivity index (χ4n) is 4.22. The molecular formula is C22H26N2O3. The summed E-state index contributed by atoms with van der Waals surface area (Å²) in [6, 6.07) is 10.1. The predicted molar refractivity (Wildman–Crippen MR) is 104 cm³/mol. The zero-order valence-corrected chi connectivity index (χ0v) is 15.8. The third-order valence-corrected chi connectivity index (χ3v) is 5.72. The van der Waals surface area contributed by atoms with Crippen molar-refractivity contribution in [1.82, 2.24) is 10.2 Å². The van der Waals surface area contributed by atoms with Crippen molar-refractivity contribution in [2.45, 2.75) is 45.1 Å². The summed E-state index contributed by atoms with van der Waals surface area (Å²) in [6.07, 6.45) is 3.94. The second kappa shape index (κ2) is 7.69. The molecule has 1 unspecified atom stereocenters. The molecule has 1 atom stereocenters. The Morgan fingerprint density at radius 1 is 1.22 bits per heavy atom. The predicted octanol–water partition coefficient (Wildman–Crippen LogP) is 3.00. The summed E-state index contributed by atoms with van der Waals surface area (Å²) in [7, 11) is 0. The van der Waals surface area contributed by atoms with Crippen LogP contribution >= 0.6 is 0 Å². The molecule has 3 heterocycles. The SMILES string of the molecule is Cc1cc(C2CCCNC2)oc(=O)c1C(=O)N1CCCc2ccccc2C1. The molecule has 0 bridgehead atoms. The first kappa shape index (κ1) is 18.0. The normalized spacial score (nSPS) is 20.0. The average Bonchev–Trinajstić information content (AvgIpc) is 2.90. The monoisotopic (exact) mass is 366 g/mol. The van der Waals surface area contributed by atoms with E-state index in [0.29, 0.717) is 24.4 Å². The van der Waals surface area contributed by atoms with Gasteiger partial charge in [-0.2, -0.15) is 0 Å². The van der Waals surface area contributed by atoms with Crippen LogP contribution in [0.1, 0.15) is 58.0 Å². The number of fused-ring (bicyclic) bond motifs is 1. The Morgan fingerprint density at radius 3 is 2.78 bits per heavy atom. The van der Waals surface area contributed by atoms with Crippen molar-refractivity contribution in [3.8, 4) is 0 Å². The zero-order valence-electron chi connectivity index (χ0n) is 15.8. The van der Waals surface area contributed by atoms with Gasteiger partial charge in [-0.1, -0.05) is 24.3 Å². The Morgan fingerprint density at radius 2 is 2.04 bits per heavy atom. The first-order valence-electron chi connectivity index (χ1n) is 9.85. The lowest BCUT2D eigenvalue weighted by Gasteiger charge is -2.23. The van der Waals surface area contributed by atoms with Crippen molar-refractivity contribution in [2.75, 3.05) is 19.6 Å². The van der Waals surface area contributed by atoms with Crippen LogP contribution in [0, 0.1) is 6.92 Å². The second-order valence-corrected chi connectivity index (χ2v) is 7.64. The van der Waals surface area contributed by atoms with Gasteiger partial charge in [0.05, 0.1) is 0 Å². The highest BCUT2D eigenvalue weighted by atomic mass is 16.4. The maximum Gasteiger partial charge on any atom is 0.349 e. The molecule has 1 aromatic heterocycles. The molecule has 0 spiro atoms. The second-order valence-electron chi connectivity index (χ2n) is 7.64. The van der Waals surface area contributed by atoms with Crippen molar-refractivity contribution in [3.63, 3.8) is 0 Å². The van der Waals surface area contributed by atoms with E-state index in [9.17, 15) is 9.59 Å². The minimum Gasteiger partial charge on any atom is -0.427 e. The number of hydrogen-bond donors (Lipinski definition) is 1. The van der Waals surface area contributed by atoms with Crippen molar-refractivity contribution >= 4 is 5.91 Å². The highest BCUT2D eigenvalue weighted by molar-refractivity contribution is 5.95. The summed E-state index contributed by atoms with van der Waals surface area (Å²) in [5, 5.41) is 3.34. The van der Waals surface area contributed by atoms with Gasteiger partial charge in [0.15, 0.2) is 0 Å². The Kier molecular flexibility index (Phi) is 5.12. The first-order chi connectivity index (χ1) is 13.1. The molecule has 0 aliphatic carbocycles. The smallest absolute Gasteiger partial charge is 0.349 e. The number of carbonyl (C=O) groups excluding carboxylic acids is 1. The molecule has 5 heteroatoms. The summed E-state index contributed by atoms with van der Waals surface area (Å²) < 4.78 is 5.60. The Balaban J connectivity index is 1.61. The van der Waals surface area contributed by atoms with E-state index >= 15 is 0 Å². The summed E-state index contributed by atoms with van der Waals surface area (Å²) in [5.74, 6) is 0.688. The number of hydrogen-bond acceptors (Lipinski definition) is 4. The minimum absolute atomic E-state index is 0.182. The van der Waals surface area contributed by atoms with Gasteiger partial charge in [-0.3, -0.25) is 4.79 Å². The van der Waals surface area contributed by atoms with Gasteiger partial charge in [-0.05, 0) is 61.9 Å². The Labute approximate surface area is 159 Å². The van der Waals surface area contributed by atoms with Gasteiger partial charge in [0.25, 0.3) is 5.91 Å². The van der Waals surface area contributed by atoms with Crippen LogP contribution < -0.4 is 10.9 Å². The van der Waals surface area contributed by atoms with Crippen LogP contribution in [0.25, 0.3) is 0 Å². The summed E-state index contributed by atoms with van der Waals surface area (Å²) in [5.41, 5.74) is 2.85. The van der Waals surface area contributed by atoms with E-state index in [1.807, 2.05) is 25.1 Å².